The molecule has 0 amide bonds. The van der Waals surface area contributed by atoms with E-state index in [1.54, 1.807) is 0 Å². The van der Waals surface area contributed by atoms with Gasteiger partial charge in [0, 0.05) is 0 Å². The van der Waals surface area contributed by atoms with E-state index < -0.39 is 36.7 Å². The zero-order chi connectivity index (χ0) is 36.5. The van der Waals surface area contributed by atoms with Gasteiger partial charge >= 0.3 is 47.8 Å². The number of hydrogen-bond donors (Lipinski definition) is 1. The van der Waals surface area contributed by atoms with Crippen LogP contribution in [0.15, 0.2) is 48.5 Å². The maximum Gasteiger partial charge on any atom is 0.439 e. The van der Waals surface area contributed by atoms with Crippen LogP contribution < -0.4 is 30.7 Å². The maximum atomic E-state index is 12.4. The molecule has 2 aromatic carbocycles. The number of rotatable bonds is 22. The van der Waals surface area contributed by atoms with E-state index in [9.17, 15) is 47.7 Å². The molecule has 2 aromatic rings. The van der Waals surface area contributed by atoms with Crippen molar-refractivity contribution in [1.29, 1.82) is 0 Å². The van der Waals surface area contributed by atoms with Gasteiger partial charge in [-0.3, -0.25) is 4.55 Å². The van der Waals surface area contributed by atoms with Gasteiger partial charge in [-0.2, -0.15) is 34.8 Å². The molecule has 0 aromatic heterocycles. The molecule has 276 valence electrons. The molecule has 1 N–H and O–H groups in total. The van der Waals surface area contributed by atoms with E-state index in [1.807, 2.05) is 0 Å². The average Bonchev–Trinajstić information content (AvgIpc) is 3.01. The lowest BCUT2D eigenvalue weighted by Gasteiger charge is -2.31. The summed E-state index contributed by atoms with van der Waals surface area (Å²) in [6.45, 7) is 6.19. The SMILES string of the molecule is CCCCCCCCOc1ccc([I+]c2ccc(OCCCCCCCC)cc2)cc1.O=S(=O)([O-])C(F)(F)C(F)(F)C(F)(F)S(=O)(=O)O. The van der Waals surface area contributed by atoms with Crippen LogP contribution in [0.2, 0.25) is 0 Å². The minimum Gasteiger partial charge on any atom is -0.743 e. The van der Waals surface area contributed by atoms with E-state index >= 15 is 0 Å². The van der Waals surface area contributed by atoms with Gasteiger partial charge in [-0.25, -0.2) is 8.42 Å². The molecule has 17 heteroatoms. The normalized spacial score (nSPS) is 12.7. The van der Waals surface area contributed by atoms with Crippen molar-refractivity contribution in [2.24, 2.45) is 0 Å². The molecule has 0 saturated carbocycles. The van der Waals surface area contributed by atoms with Crippen LogP contribution in [-0.2, 0) is 20.2 Å². The quantitative estimate of drug-likeness (QED) is 0.0709. The Balaban J connectivity index is 0.000000576. The predicted octanol–water partition coefficient (Wildman–Crippen LogP) is 5.53. The molecule has 0 atom stereocenters. The van der Waals surface area contributed by atoms with Crippen LogP contribution in [0.4, 0.5) is 26.3 Å². The van der Waals surface area contributed by atoms with E-state index in [0.717, 1.165) is 37.6 Å². The smallest absolute Gasteiger partial charge is 0.439 e. The fraction of sp³-hybridized carbons (Fsp3) is 0.613. The summed E-state index contributed by atoms with van der Waals surface area (Å²) in [5.74, 6) is -5.15. The standard InChI is InChI=1S/C28H42IO2.C3H2F6O6S2/c1-3-5-7-9-11-13-23-30-27-19-15-25(16-20-27)29-26-17-21-28(22-18-26)31-24-14-12-10-8-6-4-2;4-1(5,2(6,7)16(10,11)12)3(8,9)17(13,14)15/h15-22H,3-14,23-24H2,1-2H3;(H,10,11,12)(H,13,14,15)/q+1;/p-1. The van der Waals surface area contributed by atoms with Crippen molar-refractivity contribution >= 4 is 20.2 Å². The van der Waals surface area contributed by atoms with Crippen molar-refractivity contribution in [3.63, 3.8) is 0 Å². The molecule has 0 aliphatic carbocycles. The molecule has 0 saturated heterocycles. The van der Waals surface area contributed by atoms with Crippen molar-refractivity contribution in [2.75, 3.05) is 13.2 Å². The van der Waals surface area contributed by atoms with Gasteiger partial charge in [-0.05, 0) is 61.4 Å². The van der Waals surface area contributed by atoms with E-state index in [2.05, 4.69) is 62.4 Å². The molecular formula is C31H43F6IO8S2. The van der Waals surface area contributed by atoms with Crippen molar-refractivity contribution < 1.29 is 83.0 Å². The molecule has 0 unspecified atom stereocenters. The topological polar surface area (TPSA) is 130 Å². The summed E-state index contributed by atoms with van der Waals surface area (Å²) in [6.07, 6.45) is 15.6. The van der Waals surface area contributed by atoms with Gasteiger partial charge in [0.15, 0.2) is 17.3 Å². The van der Waals surface area contributed by atoms with Crippen LogP contribution in [-0.4, -0.2) is 55.6 Å². The Hall–Kier alpha value is -1.83. The summed E-state index contributed by atoms with van der Waals surface area (Å²) in [5, 5.41) is -13.8. The van der Waals surface area contributed by atoms with E-state index in [0.29, 0.717) is 0 Å². The third kappa shape index (κ3) is 14.2. The maximum absolute atomic E-state index is 12.4. The third-order valence-electron chi connectivity index (χ3n) is 6.75. The Bertz CT molecular complexity index is 1300. The summed E-state index contributed by atoms with van der Waals surface area (Å²) >= 11 is -0.160. The molecule has 0 fully saturated rings. The van der Waals surface area contributed by atoms with Crippen LogP contribution in [0.25, 0.3) is 0 Å². The lowest BCUT2D eigenvalue weighted by molar-refractivity contribution is -0.597. The Labute approximate surface area is 289 Å². The number of alkyl halides is 6. The monoisotopic (exact) mass is 848 g/mol. The molecule has 8 nitrogen and oxygen atoms in total. The fourth-order valence-electron chi connectivity index (χ4n) is 3.95. The number of hydrogen-bond acceptors (Lipinski definition) is 7. The van der Waals surface area contributed by atoms with Gasteiger partial charge in [0.2, 0.25) is 0 Å². The second-order valence-electron chi connectivity index (χ2n) is 10.8. The second-order valence-corrected chi connectivity index (χ2v) is 16.7. The molecule has 48 heavy (non-hydrogen) atoms. The molecule has 0 bridgehead atoms. The Morgan fingerprint density at radius 3 is 1.25 bits per heavy atom. The van der Waals surface area contributed by atoms with Crippen LogP contribution in [0.1, 0.15) is 90.9 Å². The van der Waals surface area contributed by atoms with Crippen LogP contribution >= 0.6 is 0 Å². The molecule has 0 aliphatic rings. The summed E-state index contributed by atoms with van der Waals surface area (Å²) < 4.78 is 145. The molecule has 0 aliphatic heterocycles. The minimum absolute atomic E-state index is 0.160. The second kappa shape index (κ2) is 20.7. The largest absolute Gasteiger partial charge is 0.743 e. The summed E-state index contributed by atoms with van der Waals surface area (Å²) in [6, 6.07) is 17.4. The first-order valence-corrected chi connectivity index (χ1v) is 20.5. The van der Waals surface area contributed by atoms with Gasteiger partial charge in [0.25, 0.3) is 0 Å². The molecule has 0 spiro atoms. The Morgan fingerprint density at radius 2 is 0.938 bits per heavy atom. The fourth-order valence-corrected chi connectivity index (χ4v) is 7.06. The first-order valence-electron chi connectivity index (χ1n) is 15.5. The van der Waals surface area contributed by atoms with E-state index in [4.69, 9.17) is 14.0 Å². The average molecular weight is 849 g/mol. The zero-order valence-corrected chi connectivity index (χ0v) is 30.6. The Kier molecular flexibility index (Phi) is 19.1. The predicted molar refractivity (Wildman–Crippen MR) is 164 cm³/mol. The Morgan fingerprint density at radius 1 is 0.604 bits per heavy atom. The number of benzene rings is 2. The highest BCUT2D eigenvalue weighted by Crippen LogP contribution is 2.50. The van der Waals surface area contributed by atoms with Gasteiger partial charge in [-0.15, -0.1) is 0 Å². The van der Waals surface area contributed by atoms with Gasteiger partial charge in [0.1, 0.15) is 11.5 Å². The summed E-state index contributed by atoms with van der Waals surface area (Å²) in [7, 11) is -14.4. The molecule has 2 rings (SSSR count). The summed E-state index contributed by atoms with van der Waals surface area (Å²) in [5.41, 5.74) is 0. The van der Waals surface area contributed by atoms with Crippen LogP contribution in [0.5, 0.6) is 11.5 Å². The van der Waals surface area contributed by atoms with Crippen LogP contribution in [0.3, 0.4) is 0 Å². The number of ether oxygens (including phenoxy) is 2. The molecular weight excluding hydrogens is 805 g/mol. The van der Waals surface area contributed by atoms with Crippen LogP contribution in [0, 0.1) is 7.14 Å². The highest BCUT2D eigenvalue weighted by atomic mass is 127. The zero-order valence-electron chi connectivity index (χ0n) is 26.8. The van der Waals surface area contributed by atoms with Gasteiger partial charge in [0.05, 0.1) is 13.2 Å². The first-order chi connectivity index (χ1) is 22.3. The van der Waals surface area contributed by atoms with Crippen molar-refractivity contribution in [1.82, 2.24) is 0 Å². The van der Waals surface area contributed by atoms with E-state index in [-0.39, 0.29) is 21.2 Å². The minimum atomic E-state index is -7.29. The van der Waals surface area contributed by atoms with Crippen molar-refractivity contribution in [3.05, 3.63) is 55.7 Å². The third-order valence-corrected chi connectivity index (χ3v) is 11.2. The number of unbranched alkanes of at least 4 members (excludes halogenated alkanes) is 10. The van der Waals surface area contributed by atoms with Gasteiger partial charge in [-0.1, -0.05) is 78.1 Å². The van der Waals surface area contributed by atoms with E-state index in [1.165, 1.54) is 71.3 Å². The summed E-state index contributed by atoms with van der Waals surface area (Å²) in [4.78, 5) is 0. The highest BCUT2D eigenvalue weighted by molar-refractivity contribution is 7.88. The number of halogens is 7. The highest BCUT2D eigenvalue weighted by Gasteiger charge is 2.80. The van der Waals surface area contributed by atoms with Crippen molar-refractivity contribution in [2.45, 2.75) is 107 Å². The van der Waals surface area contributed by atoms with Gasteiger partial charge < -0.3 is 14.0 Å². The lowest BCUT2D eigenvalue weighted by Crippen LogP contribution is -3.61. The molecule has 0 radical (unpaired) electrons. The van der Waals surface area contributed by atoms with Crippen molar-refractivity contribution in [3.8, 4) is 11.5 Å². The first kappa shape index (κ1) is 44.2. The lowest BCUT2D eigenvalue weighted by atomic mass is 10.1. The molecule has 0 heterocycles.